The lowest BCUT2D eigenvalue weighted by atomic mass is 10.0. The molecular weight excluding hydrogens is 260 g/mol. The average Bonchev–Trinajstić information content (AvgIpc) is 2.27. The van der Waals surface area contributed by atoms with Gasteiger partial charge in [-0.15, -0.1) is 0 Å². The van der Waals surface area contributed by atoms with Crippen molar-refractivity contribution >= 4 is 12.0 Å². The quantitative estimate of drug-likeness (QED) is 0.874. The van der Waals surface area contributed by atoms with Crippen LogP contribution in [0.25, 0.3) is 0 Å². The number of amides is 1. The maximum absolute atomic E-state index is 11.5. The van der Waals surface area contributed by atoms with Gasteiger partial charge in [0.05, 0.1) is 12.4 Å². The molecule has 1 aliphatic heterocycles. The van der Waals surface area contributed by atoms with Crippen LogP contribution in [0, 0.1) is 0 Å². The fraction of sp³-hybridized carbons (Fsp3) is 0.615. The highest BCUT2D eigenvalue weighted by Crippen LogP contribution is 2.20. The van der Waals surface area contributed by atoms with Crippen molar-refractivity contribution in [2.24, 2.45) is 0 Å². The van der Waals surface area contributed by atoms with Gasteiger partial charge in [-0.1, -0.05) is 0 Å². The molecule has 1 saturated heterocycles. The number of hydrogen-bond acceptors (Lipinski definition) is 6. The normalized spacial score (nSPS) is 17.0. The number of anilines is 1. The topological polar surface area (TPSA) is 85.4 Å². The molecule has 1 aromatic rings. The smallest absolute Gasteiger partial charge is 0.414 e. The highest BCUT2D eigenvalue weighted by molar-refractivity contribution is 5.82. The third kappa shape index (κ3) is 4.06. The van der Waals surface area contributed by atoms with E-state index in [1.54, 1.807) is 20.8 Å². The van der Waals surface area contributed by atoms with E-state index in [1.807, 2.05) is 6.92 Å². The molecule has 0 bridgehead atoms. The second-order valence-corrected chi connectivity index (χ2v) is 6.02. The number of rotatable bonds is 3. The molecule has 20 heavy (non-hydrogen) atoms. The molecule has 0 radical (unpaired) electrons. The zero-order valence-electron chi connectivity index (χ0n) is 12.2. The molecule has 1 amide bonds. The summed E-state index contributed by atoms with van der Waals surface area (Å²) in [5.41, 5.74) is -0.761. The van der Waals surface area contributed by atoms with Crippen LogP contribution >= 0.6 is 0 Å². The molecular formula is C13H20N4O3. The molecule has 110 valence electrons. The van der Waals surface area contributed by atoms with Gasteiger partial charge in [0.2, 0.25) is 5.95 Å². The molecule has 0 saturated carbocycles. The molecule has 2 rings (SSSR count). The van der Waals surface area contributed by atoms with Crippen LogP contribution in [0.4, 0.5) is 10.7 Å². The summed E-state index contributed by atoms with van der Waals surface area (Å²) in [6.07, 6.45) is 2.48. The third-order valence-electron chi connectivity index (χ3n) is 2.60. The van der Waals surface area contributed by atoms with Gasteiger partial charge in [0, 0.05) is 13.1 Å². The van der Waals surface area contributed by atoms with Gasteiger partial charge in [0.25, 0.3) is 0 Å². The Morgan fingerprint density at radius 3 is 2.40 bits per heavy atom. The predicted molar refractivity (Wildman–Crippen MR) is 73.8 cm³/mol. The van der Waals surface area contributed by atoms with Gasteiger partial charge in [0.15, 0.2) is 5.75 Å². The van der Waals surface area contributed by atoms with Crippen LogP contribution < -0.4 is 15.4 Å². The van der Waals surface area contributed by atoms with Gasteiger partial charge in [-0.05, 0) is 27.7 Å². The van der Waals surface area contributed by atoms with Crippen molar-refractivity contribution in [3.63, 3.8) is 0 Å². The maximum atomic E-state index is 11.5. The maximum Gasteiger partial charge on any atom is 0.414 e. The first-order valence-corrected chi connectivity index (χ1v) is 6.48. The Hall–Kier alpha value is -1.89. The van der Waals surface area contributed by atoms with Crippen LogP contribution in [0.2, 0.25) is 0 Å². The molecule has 0 aromatic carbocycles. The van der Waals surface area contributed by atoms with Crippen molar-refractivity contribution in [2.45, 2.75) is 38.9 Å². The minimum Gasteiger partial charge on any atom is -0.482 e. The molecule has 0 atom stereocenters. The van der Waals surface area contributed by atoms with Crippen LogP contribution in [0.5, 0.6) is 5.75 Å². The van der Waals surface area contributed by atoms with E-state index in [-0.39, 0.29) is 11.5 Å². The highest BCUT2D eigenvalue weighted by Gasteiger charge is 2.34. The summed E-state index contributed by atoms with van der Waals surface area (Å²) in [6.45, 7) is 8.97. The van der Waals surface area contributed by atoms with Crippen LogP contribution in [-0.4, -0.2) is 40.4 Å². The first-order valence-electron chi connectivity index (χ1n) is 6.48. The van der Waals surface area contributed by atoms with Crippen molar-refractivity contribution in [1.29, 1.82) is 0 Å². The summed E-state index contributed by atoms with van der Waals surface area (Å²) in [5, 5.41) is 5.61. The number of hydrogen-bond donors (Lipinski definition) is 2. The lowest BCUT2D eigenvalue weighted by Gasteiger charge is -2.39. The van der Waals surface area contributed by atoms with E-state index in [9.17, 15) is 4.79 Å². The molecule has 0 spiro atoms. The second-order valence-electron chi connectivity index (χ2n) is 6.02. The lowest BCUT2D eigenvalue weighted by molar-refractivity contribution is 0.0341. The van der Waals surface area contributed by atoms with Crippen molar-refractivity contribution in [3.05, 3.63) is 12.4 Å². The molecule has 0 aliphatic carbocycles. The Kier molecular flexibility index (Phi) is 3.80. The van der Waals surface area contributed by atoms with Gasteiger partial charge in [-0.3, -0.25) is 5.32 Å². The van der Waals surface area contributed by atoms with E-state index in [2.05, 4.69) is 20.6 Å². The van der Waals surface area contributed by atoms with E-state index in [4.69, 9.17) is 9.47 Å². The van der Waals surface area contributed by atoms with Crippen molar-refractivity contribution < 1.29 is 14.3 Å². The van der Waals surface area contributed by atoms with Gasteiger partial charge >= 0.3 is 6.09 Å². The summed E-state index contributed by atoms with van der Waals surface area (Å²) in [5.74, 6) is 0.757. The molecule has 1 fully saturated rings. The fourth-order valence-electron chi connectivity index (χ4n) is 1.66. The van der Waals surface area contributed by atoms with Crippen molar-refractivity contribution in [1.82, 2.24) is 15.3 Å². The first-order chi connectivity index (χ1) is 9.26. The minimum atomic E-state index is -0.582. The fourth-order valence-corrected chi connectivity index (χ4v) is 1.66. The Balaban J connectivity index is 1.89. The molecule has 0 unspecified atom stereocenters. The predicted octanol–water partition coefficient (Wildman–Crippen LogP) is 1.56. The molecule has 7 nitrogen and oxygen atoms in total. The summed E-state index contributed by atoms with van der Waals surface area (Å²) in [7, 11) is 0. The number of nitrogens with zero attached hydrogens (tertiary/aromatic N) is 2. The highest BCUT2D eigenvalue weighted by atomic mass is 16.6. The molecule has 2 N–H and O–H groups in total. The third-order valence-corrected chi connectivity index (χ3v) is 2.60. The number of nitrogens with one attached hydrogen (secondary N) is 2. The van der Waals surface area contributed by atoms with E-state index < -0.39 is 11.7 Å². The first kappa shape index (κ1) is 14.5. The molecule has 2 heterocycles. The van der Waals surface area contributed by atoms with E-state index >= 15 is 0 Å². The monoisotopic (exact) mass is 280 g/mol. The van der Waals surface area contributed by atoms with Gasteiger partial charge in [-0.2, -0.15) is 0 Å². The molecule has 1 aromatic heterocycles. The van der Waals surface area contributed by atoms with Crippen molar-refractivity contribution in [2.75, 3.05) is 18.4 Å². The Morgan fingerprint density at radius 1 is 1.35 bits per heavy atom. The summed E-state index contributed by atoms with van der Waals surface area (Å²) in [6, 6.07) is 0. The van der Waals surface area contributed by atoms with Crippen LogP contribution in [-0.2, 0) is 4.74 Å². The van der Waals surface area contributed by atoms with Gasteiger partial charge < -0.3 is 14.8 Å². The summed E-state index contributed by atoms with van der Waals surface area (Å²) in [4.78, 5) is 19.6. The SMILES string of the molecule is CC(C)(C)OC(=O)Nc1ncc(OC2(C)CNC2)cn1. The second kappa shape index (κ2) is 5.24. The zero-order valence-corrected chi connectivity index (χ0v) is 12.2. The Morgan fingerprint density at radius 2 is 1.95 bits per heavy atom. The average molecular weight is 280 g/mol. The lowest BCUT2D eigenvalue weighted by Crippen LogP contribution is -2.61. The Bertz CT molecular complexity index is 477. The van der Waals surface area contributed by atoms with E-state index in [1.165, 1.54) is 12.4 Å². The molecule has 1 aliphatic rings. The molecule has 7 heteroatoms. The standard InChI is InChI=1S/C13H20N4O3/c1-12(2,3)20-11(18)17-10-15-5-9(6-16-10)19-13(4)7-14-8-13/h5-6,14H,7-8H2,1-4H3,(H,15,16,17,18). The van der Waals surface area contributed by atoms with Crippen LogP contribution in [0.3, 0.4) is 0 Å². The Labute approximate surface area is 118 Å². The van der Waals surface area contributed by atoms with Gasteiger partial charge in [0.1, 0.15) is 11.2 Å². The minimum absolute atomic E-state index is 0.184. The van der Waals surface area contributed by atoms with E-state index in [0.29, 0.717) is 5.75 Å². The number of carbonyl (C=O) groups excluding carboxylic acids is 1. The largest absolute Gasteiger partial charge is 0.482 e. The summed E-state index contributed by atoms with van der Waals surface area (Å²) >= 11 is 0. The van der Waals surface area contributed by atoms with Crippen LogP contribution in [0.15, 0.2) is 12.4 Å². The van der Waals surface area contributed by atoms with Crippen molar-refractivity contribution in [3.8, 4) is 5.75 Å². The summed E-state index contributed by atoms with van der Waals surface area (Å²) < 4.78 is 10.9. The van der Waals surface area contributed by atoms with E-state index in [0.717, 1.165) is 13.1 Å². The zero-order chi connectivity index (χ0) is 14.8. The number of carbonyl (C=O) groups is 1. The van der Waals surface area contributed by atoms with Crippen LogP contribution in [0.1, 0.15) is 27.7 Å². The van der Waals surface area contributed by atoms with Gasteiger partial charge in [-0.25, -0.2) is 14.8 Å². The number of ether oxygens (including phenoxy) is 2. The number of aromatic nitrogens is 2.